The molecule has 6 heteroatoms. The van der Waals surface area contributed by atoms with Gasteiger partial charge in [0.1, 0.15) is 11.3 Å². The molecule has 0 saturated carbocycles. The molecule has 2 rings (SSSR count). The van der Waals surface area contributed by atoms with E-state index in [0.717, 1.165) is 45.5 Å². The molecule has 1 unspecified atom stereocenters. The van der Waals surface area contributed by atoms with Gasteiger partial charge in [-0.05, 0) is 49.8 Å². The SMILES string of the molecule is COCCN1CCC(CNC(=O)c2c(C)cc(CCC(C)C)oc2=O)C1. The number of rotatable bonds is 9. The highest BCUT2D eigenvalue weighted by Gasteiger charge is 2.24. The van der Waals surface area contributed by atoms with E-state index in [9.17, 15) is 9.59 Å². The third-order valence-corrected chi connectivity index (χ3v) is 4.93. The molecule has 0 aromatic carbocycles. The first-order valence-electron chi connectivity index (χ1n) is 9.53. The molecule has 26 heavy (non-hydrogen) atoms. The number of carbonyl (C=O) groups is 1. The zero-order valence-electron chi connectivity index (χ0n) is 16.5. The fourth-order valence-corrected chi connectivity index (χ4v) is 3.33. The minimum Gasteiger partial charge on any atom is -0.427 e. The predicted molar refractivity (Wildman–Crippen MR) is 102 cm³/mol. The number of methoxy groups -OCH3 is 1. The summed E-state index contributed by atoms with van der Waals surface area (Å²) in [6.45, 7) is 10.3. The van der Waals surface area contributed by atoms with E-state index in [1.165, 1.54) is 0 Å². The average Bonchev–Trinajstić information content (AvgIpc) is 3.03. The molecule has 1 saturated heterocycles. The number of hydrogen-bond donors (Lipinski definition) is 1. The highest BCUT2D eigenvalue weighted by Crippen LogP contribution is 2.15. The molecule has 6 nitrogen and oxygen atoms in total. The molecule has 0 spiro atoms. The first kappa shape index (κ1) is 20.6. The van der Waals surface area contributed by atoms with E-state index >= 15 is 0 Å². The van der Waals surface area contributed by atoms with Gasteiger partial charge in [0.2, 0.25) is 0 Å². The lowest BCUT2D eigenvalue weighted by molar-refractivity contribution is 0.0941. The van der Waals surface area contributed by atoms with E-state index in [1.54, 1.807) is 14.0 Å². The lowest BCUT2D eigenvalue weighted by Crippen LogP contribution is -2.34. The lowest BCUT2D eigenvalue weighted by Gasteiger charge is -2.15. The molecular weight excluding hydrogens is 332 g/mol. The molecule has 1 amide bonds. The second-order valence-corrected chi connectivity index (χ2v) is 7.65. The van der Waals surface area contributed by atoms with Crippen LogP contribution >= 0.6 is 0 Å². The van der Waals surface area contributed by atoms with Crippen LogP contribution in [0.25, 0.3) is 0 Å². The van der Waals surface area contributed by atoms with Gasteiger partial charge in [0.15, 0.2) is 0 Å². The summed E-state index contributed by atoms with van der Waals surface area (Å²) in [7, 11) is 1.70. The van der Waals surface area contributed by atoms with E-state index in [4.69, 9.17) is 9.15 Å². The monoisotopic (exact) mass is 364 g/mol. The molecule has 1 aliphatic rings. The van der Waals surface area contributed by atoms with Crippen LogP contribution in [0.1, 0.15) is 48.4 Å². The number of nitrogens with one attached hydrogen (secondary N) is 1. The zero-order valence-corrected chi connectivity index (χ0v) is 16.5. The summed E-state index contributed by atoms with van der Waals surface area (Å²) in [5.74, 6) is 1.27. The van der Waals surface area contributed by atoms with Gasteiger partial charge in [-0.1, -0.05) is 13.8 Å². The summed E-state index contributed by atoms with van der Waals surface area (Å²) < 4.78 is 10.5. The van der Waals surface area contributed by atoms with Crippen LogP contribution in [0.4, 0.5) is 0 Å². The van der Waals surface area contributed by atoms with Crippen molar-refractivity contribution in [3.8, 4) is 0 Å². The fraction of sp³-hybridized carbons (Fsp3) is 0.700. The second kappa shape index (κ2) is 9.88. The van der Waals surface area contributed by atoms with Crippen molar-refractivity contribution in [2.45, 2.75) is 40.0 Å². The van der Waals surface area contributed by atoms with Gasteiger partial charge in [-0.25, -0.2) is 4.79 Å². The average molecular weight is 364 g/mol. The molecule has 0 radical (unpaired) electrons. The van der Waals surface area contributed by atoms with Gasteiger partial charge >= 0.3 is 5.63 Å². The minimum atomic E-state index is -0.533. The van der Waals surface area contributed by atoms with E-state index < -0.39 is 5.63 Å². The van der Waals surface area contributed by atoms with Crippen molar-refractivity contribution >= 4 is 5.91 Å². The van der Waals surface area contributed by atoms with Gasteiger partial charge in [-0.3, -0.25) is 4.79 Å². The Morgan fingerprint density at radius 3 is 2.88 bits per heavy atom. The maximum atomic E-state index is 12.5. The maximum absolute atomic E-state index is 12.5. The van der Waals surface area contributed by atoms with Gasteiger partial charge < -0.3 is 19.4 Å². The van der Waals surface area contributed by atoms with E-state index in [2.05, 4.69) is 24.1 Å². The van der Waals surface area contributed by atoms with Gasteiger partial charge in [0.25, 0.3) is 5.91 Å². The Bertz CT molecular complexity index is 654. The second-order valence-electron chi connectivity index (χ2n) is 7.65. The standard InChI is InChI=1S/C20H32N2O4/c1-14(2)5-6-17-11-15(3)18(20(24)26-17)19(23)21-12-16-7-8-22(13-16)9-10-25-4/h11,14,16H,5-10,12-13H2,1-4H3,(H,21,23). The molecule has 1 N–H and O–H groups in total. The number of ether oxygens (including phenoxy) is 1. The molecule has 1 fully saturated rings. The van der Waals surface area contributed by atoms with Crippen LogP contribution in [0.5, 0.6) is 0 Å². The molecule has 1 aromatic heterocycles. The van der Waals surface area contributed by atoms with Crippen LogP contribution < -0.4 is 10.9 Å². The molecule has 1 aliphatic heterocycles. The van der Waals surface area contributed by atoms with Crippen molar-refractivity contribution < 1.29 is 13.9 Å². The summed E-state index contributed by atoms with van der Waals surface area (Å²) in [4.78, 5) is 27.1. The van der Waals surface area contributed by atoms with Gasteiger partial charge in [0, 0.05) is 33.2 Å². The molecule has 146 valence electrons. The summed E-state index contributed by atoms with van der Waals surface area (Å²) in [6.07, 6.45) is 2.72. The summed E-state index contributed by atoms with van der Waals surface area (Å²) >= 11 is 0. The van der Waals surface area contributed by atoms with Crippen LogP contribution in [0.15, 0.2) is 15.3 Å². The van der Waals surface area contributed by atoms with Crippen molar-refractivity contribution in [1.29, 1.82) is 0 Å². The highest BCUT2D eigenvalue weighted by atomic mass is 16.5. The summed E-state index contributed by atoms with van der Waals surface area (Å²) in [6, 6.07) is 1.82. The molecule has 1 aromatic rings. The molecular formula is C20H32N2O4. The number of nitrogens with zero attached hydrogens (tertiary/aromatic N) is 1. The van der Waals surface area contributed by atoms with Crippen molar-refractivity contribution in [1.82, 2.24) is 10.2 Å². The Balaban J connectivity index is 1.90. The van der Waals surface area contributed by atoms with Crippen LogP contribution in [-0.2, 0) is 11.2 Å². The first-order chi connectivity index (χ1) is 12.4. The minimum absolute atomic E-state index is 0.132. The van der Waals surface area contributed by atoms with Gasteiger partial charge in [-0.15, -0.1) is 0 Å². The Labute approximate surface area is 155 Å². The first-order valence-corrected chi connectivity index (χ1v) is 9.53. The predicted octanol–water partition coefficient (Wildman–Crippen LogP) is 2.23. The fourth-order valence-electron chi connectivity index (χ4n) is 3.33. The highest BCUT2D eigenvalue weighted by molar-refractivity contribution is 5.95. The van der Waals surface area contributed by atoms with Crippen molar-refractivity contribution in [3.63, 3.8) is 0 Å². The maximum Gasteiger partial charge on any atom is 0.349 e. The van der Waals surface area contributed by atoms with Gasteiger partial charge in [-0.2, -0.15) is 0 Å². The summed E-state index contributed by atoms with van der Waals surface area (Å²) in [5.41, 5.74) is 0.285. The molecule has 1 atom stereocenters. The smallest absolute Gasteiger partial charge is 0.349 e. The number of carbonyl (C=O) groups excluding carboxylic acids is 1. The summed E-state index contributed by atoms with van der Waals surface area (Å²) in [5, 5.41) is 2.91. The Kier molecular flexibility index (Phi) is 7.85. The molecule has 0 bridgehead atoms. The normalized spacial score (nSPS) is 17.8. The van der Waals surface area contributed by atoms with Crippen molar-refractivity contribution in [3.05, 3.63) is 33.4 Å². The van der Waals surface area contributed by atoms with Crippen LogP contribution in [0.2, 0.25) is 0 Å². The lowest BCUT2D eigenvalue weighted by atomic mass is 10.0. The topological polar surface area (TPSA) is 71.8 Å². The number of amides is 1. The van der Waals surface area contributed by atoms with Crippen LogP contribution in [0, 0.1) is 18.8 Å². The molecule has 0 aliphatic carbocycles. The van der Waals surface area contributed by atoms with E-state index in [0.29, 0.717) is 29.7 Å². The van der Waals surface area contributed by atoms with Crippen LogP contribution in [-0.4, -0.2) is 50.7 Å². The number of aryl methyl sites for hydroxylation is 2. The Hall–Kier alpha value is -1.66. The number of likely N-dealkylation sites (tertiary alicyclic amines) is 1. The van der Waals surface area contributed by atoms with E-state index in [-0.39, 0.29) is 11.5 Å². The molecule has 2 heterocycles. The van der Waals surface area contributed by atoms with Crippen LogP contribution in [0.3, 0.4) is 0 Å². The third kappa shape index (κ3) is 5.95. The van der Waals surface area contributed by atoms with Crippen molar-refractivity contribution in [2.75, 3.05) is 39.9 Å². The van der Waals surface area contributed by atoms with Crippen molar-refractivity contribution in [2.24, 2.45) is 11.8 Å². The Morgan fingerprint density at radius 1 is 1.46 bits per heavy atom. The third-order valence-electron chi connectivity index (χ3n) is 4.93. The van der Waals surface area contributed by atoms with Gasteiger partial charge in [0.05, 0.1) is 6.61 Å². The quantitative estimate of drug-likeness (QED) is 0.728. The zero-order chi connectivity index (χ0) is 19.1. The van der Waals surface area contributed by atoms with E-state index in [1.807, 2.05) is 6.07 Å². The largest absolute Gasteiger partial charge is 0.427 e. The number of hydrogen-bond acceptors (Lipinski definition) is 5. The Morgan fingerprint density at radius 2 is 2.23 bits per heavy atom.